The number of aromatic nitrogens is 2. The van der Waals surface area contributed by atoms with Gasteiger partial charge in [0, 0.05) is 10.9 Å². The molecule has 4 aromatic rings. The van der Waals surface area contributed by atoms with Crippen molar-refractivity contribution in [2.45, 2.75) is 26.3 Å². The van der Waals surface area contributed by atoms with Crippen molar-refractivity contribution in [1.29, 1.82) is 0 Å². The summed E-state index contributed by atoms with van der Waals surface area (Å²) in [6.07, 6.45) is 5.37. The Morgan fingerprint density at radius 1 is 0.971 bits per heavy atom. The first-order valence-corrected chi connectivity index (χ1v) is 11.4. The van der Waals surface area contributed by atoms with Gasteiger partial charge in [0.1, 0.15) is 12.4 Å². The van der Waals surface area contributed by atoms with E-state index >= 15 is 0 Å². The maximum atomic E-state index is 13.3. The number of methoxy groups -OCH3 is 2. The van der Waals surface area contributed by atoms with Gasteiger partial charge in [-0.3, -0.25) is 4.57 Å². The second-order valence-electron chi connectivity index (χ2n) is 8.47. The summed E-state index contributed by atoms with van der Waals surface area (Å²) >= 11 is 0. The van der Waals surface area contributed by atoms with Gasteiger partial charge >= 0.3 is 5.69 Å². The van der Waals surface area contributed by atoms with Gasteiger partial charge in [-0.25, -0.2) is 4.79 Å². The maximum Gasteiger partial charge on any atom is 0.348 e. The molecule has 0 aliphatic rings. The molecule has 0 saturated carbocycles. The zero-order valence-electron chi connectivity index (χ0n) is 20.4. The molecule has 0 N–H and O–H groups in total. The highest BCUT2D eigenvalue weighted by molar-refractivity contribution is 5.93. The Morgan fingerprint density at radius 3 is 2.37 bits per heavy atom. The van der Waals surface area contributed by atoms with Crippen molar-refractivity contribution < 1.29 is 14.2 Å². The largest absolute Gasteiger partial charge is 0.493 e. The topological polar surface area (TPSA) is 62.6 Å². The lowest BCUT2D eigenvalue weighted by atomic mass is 9.99. The zero-order chi connectivity index (χ0) is 24.9. The molecule has 0 atom stereocenters. The lowest BCUT2D eigenvalue weighted by Gasteiger charge is -2.16. The monoisotopic (exact) mass is 468 g/mol. The van der Waals surface area contributed by atoms with E-state index in [9.17, 15) is 4.79 Å². The van der Waals surface area contributed by atoms with Crippen LogP contribution in [-0.2, 0) is 6.54 Å². The molecule has 35 heavy (non-hydrogen) atoms. The Morgan fingerprint density at radius 2 is 1.71 bits per heavy atom. The Labute approximate surface area is 205 Å². The predicted octanol–water partition coefficient (Wildman–Crippen LogP) is 5.26. The highest BCUT2D eigenvalue weighted by atomic mass is 16.5. The number of hydrogen-bond donors (Lipinski definition) is 0. The Balaban J connectivity index is 1.86. The van der Waals surface area contributed by atoms with E-state index in [0.29, 0.717) is 35.4 Å². The molecule has 178 valence electrons. The molecule has 6 heteroatoms. The molecule has 0 radical (unpaired) electrons. The van der Waals surface area contributed by atoms with Gasteiger partial charge in [-0.15, -0.1) is 6.42 Å². The standard InChI is InChI=1S/C29H28N2O4/c1-6-15-35-23-12-13-25-24(17-23)28(22-10-8-21(9-11-22)19(2)3)30-29(32)31(25)18-20-7-14-26(33-4)27(16-20)34-5/h1,7-14,16-17,19H,15,18H2,2-5H3. The summed E-state index contributed by atoms with van der Waals surface area (Å²) in [5.74, 6) is 4.74. The van der Waals surface area contributed by atoms with Gasteiger partial charge in [-0.05, 0) is 47.4 Å². The molecule has 0 bridgehead atoms. The van der Waals surface area contributed by atoms with Gasteiger partial charge in [-0.1, -0.05) is 50.1 Å². The van der Waals surface area contributed by atoms with Crippen LogP contribution in [0.3, 0.4) is 0 Å². The predicted molar refractivity (Wildman–Crippen MR) is 139 cm³/mol. The molecule has 4 rings (SSSR count). The van der Waals surface area contributed by atoms with Crippen LogP contribution in [0.5, 0.6) is 17.2 Å². The Kier molecular flexibility index (Phi) is 7.07. The van der Waals surface area contributed by atoms with Gasteiger partial charge in [0.25, 0.3) is 0 Å². The first-order valence-electron chi connectivity index (χ1n) is 11.4. The summed E-state index contributed by atoms with van der Waals surface area (Å²) in [5, 5.41) is 0.803. The number of rotatable bonds is 8. The Bertz CT molecular complexity index is 1450. The van der Waals surface area contributed by atoms with Gasteiger partial charge in [0.05, 0.1) is 32.0 Å². The van der Waals surface area contributed by atoms with Crippen LogP contribution in [0.4, 0.5) is 0 Å². The molecule has 6 nitrogen and oxygen atoms in total. The fourth-order valence-electron chi connectivity index (χ4n) is 4.03. The molecule has 3 aromatic carbocycles. The minimum Gasteiger partial charge on any atom is -0.493 e. The van der Waals surface area contributed by atoms with Gasteiger partial charge in [0.2, 0.25) is 0 Å². The normalized spacial score (nSPS) is 10.9. The van der Waals surface area contributed by atoms with Crippen molar-refractivity contribution in [3.8, 4) is 40.8 Å². The molecule has 0 fully saturated rings. The summed E-state index contributed by atoms with van der Waals surface area (Å²) in [5.41, 5.74) is 3.98. The highest BCUT2D eigenvalue weighted by Crippen LogP contribution is 2.31. The minimum atomic E-state index is -0.340. The molecular formula is C29H28N2O4. The number of ether oxygens (including phenoxy) is 3. The van der Waals surface area contributed by atoms with E-state index in [0.717, 1.165) is 22.0 Å². The van der Waals surface area contributed by atoms with Crippen molar-refractivity contribution in [3.05, 3.63) is 82.3 Å². The third-order valence-electron chi connectivity index (χ3n) is 5.91. The van der Waals surface area contributed by atoms with E-state index in [4.69, 9.17) is 20.6 Å². The lowest BCUT2D eigenvalue weighted by Crippen LogP contribution is -2.24. The molecule has 0 saturated heterocycles. The molecule has 0 unspecified atom stereocenters. The molecule has 0 spiro atoms. The SMILES string of the molecule is C#CCOc1ccc2c(c1)c(-c1ccc(C(C)C)cc1)nc(=O)n2Cc1ccc(OC)c(OC)c1. The number of fused-ring (bicyclic) bond motifs is 1. The fraction of sp³-hybridized carbons (Fsp3) is 0.241. The van der Waals surface area contributed by atoms with Crippen LogP contribution >= 0.6 is 0 Å². The van der Waals surface area contributed by atoms with E-state index in [2.05, 4.69) is 36.9 Å². The van der Waals surface area contributed by atoms with Gasteiger partial charge in [0.15, 0.2) is 11.5 Å². The van der Waals surface area contributed by atoms with Crippen molar-refractivity contribution in [3.63, 3.8) is 0 Å². The van der Waals surface area contributed by atoms with Crippen LogP contribution in [0.25, 0.3) is 22.2 Å². The quantitative estimate of drug-likeness (QED) is 0.330. The minimum absolute atomic E-state index is 0.155. The van der Waals surface area contributed by atoms with Crippen LogP contribution in [0.15, 0.2) is 65.5 Å². The molecule has 0 amide bonds. The van der Waals surface area contributed by atoms with Crippen molar-refractivity contribution in [1.82, 2.24) is 9.55 Å². The van der Waals surface area contributed by atoms with Gasteiger partial charge in [-0.2, -0.15) is 4.98 Å². The van der Waals surface area contributed by atoms with Crippen molar-refractivity contribution in [2.75, 3.05) is 20.8 Å². The lowest BCUT2D eigenvalue weighted by molar-refractivity contribution is 0.354. The third kappa shape index (κ3) is 4.99. The summed E-state index contributed by atoms with van der Waals surface area (Å²) < 4.78 is 18.1. The van der Waals surface area contributed by atoms with E-state index in [1.807, 2.05) is 48.5 Å². The van der Waals surface area contributed by atoms with Crippen LogP contribution in [0.2, 0.25) is 0 Å². The van der Waals surface area contributed by atoms with Crippen LogP contribution in [-0.4, -0.2) is 30.4 Å². The van der Waals surface area contributed by atoms with Crippen molar-refractivity contribution in [2.24, 2.45) is 0 Å². The number of nitrogens with zero attached hydrogens (tertiary/aromatic N) is 2. The van der Waals surface area contributed by atoms with E-state index in [-0.39, 0.29) is 12.3 Å². The van der Waals surface area contributed by atoms with E-state index < -0.39 is 0 Å². The summed E-state index contributed by atoms with van der Waals surface area (Å²) in [6.45, 7) is 4.77. The molecule has 0 aliphatic heterocycles. The first-order chi connectivity index (χ1) is 16.9. The average Bonchev–Trinajstić information content (AvgIpc) is 2.88. The third-order valence-corrected chi connectivity index (χ3v) is 5.91. The van der Waals surface area contributed by atoms with Crippen LogP contribution in [0.1, 0.15) is 30.9 Å². The number of hydrogen-bond acceptors (Lipinski definition) is 5. The number of benzene rings is 3. The summed E-state index contributed by atoms with van der Waals surface area (Å²) in [4.78, 5) is 17.8. The first kappa shape index (κ1) is 23.9. The maximum absolute atomic E-state index is 13.3. The van der Waals surface area contributed by atoms with E-state index in [1.54, 1.807) is 18.8 Å². The number of terminal acetylenes is 1. The van der Waals surface area contributed by atoms with Crippen LogP contribution in [0, 0.1) is 12.3 Å². The average molecular weight is 469 g/mol. The second-order valence-corrected chi connectivity index (χ2v) is 8.47. The summed E-state index contributed by atoms with van der Waals surface area (Å²) in [7, 11) is 3.17. The fourth-order valence-corrected chi connectivity index (χ4v) is 4.03. The van der Waals surface area contributed by atoms with Gasteiger partial charge < -0.3 is 14.2 Å². The smallest absolute Gasteiger partial charge is 0.348 e. The van der Waals surface area contributed by atoms with E-state index in [1.165, 1.54) is 5.56 Å². The molecule has 0 aliphatic carbocycles. The molecule has 1 heterocycles. The summed E-state index contributed by atoms with van der Waals surface area (Å²) in [6, 6.07) is 19.3. The molecular weight excluding hydrogens is 440 g/mol. The second kappa shape index (κ2) is 10.4. The van der Waals surface area contributed by atoms with Crippen LogP contribution < -0.4 is 19.9 Å². The Hall–Kier alpha value is -4.24. The van der Waals surface area contributed by atoms with Crippen molar-refractivity contribution >= 4 is 10.9 Å². The highest BCUT2D eigenvalue weighted by Gasteiger charge is 2.15. The zero-order valence-corrected chi connectivity index (χ0v) is 20.4. The molecule has 1 aromatic heterocycles.